The Labute approximate surface area is 116 Å². The molecule has 0 amide bonds. The molecule has 0 unspecified atom stereocenters. The third kappa shape index (κ3) is 3.62. The van der Waals surface area contributed by atoms with Crippen LogP contribution >= 0.6 is 22.9 Å². The fraction of sp³-hybridized carbons (Fsp3) is 0.167. The molecular formula is C12H9ClF3NOS. The highest BCUT2D eigenvalue weighted by Gasteiger charge is 2.32. The summed E-state index contributed by atoms with van der Waals surface area (Å²) in [6.07, 6.45) is -4.76. The Kier molecular flexibility index (Phi) is 4.03. The van der Waals surface area contributed by atoms with Gasteiger partial charge in [-0.05, 0) is 29.1 Å². The van der Waals surface area contributed by atoms with E-state index < -0.39 is 18.2 Å². The van der Waals surface area contributed by atoms with Crippen molar-refractivity contribution in [1.82, 2.24) is 0 Å². The van der Waals surface area contributed by atoms with Gasteiger partial charge in [0.25, 0.3) is 0 Å². The standard InChI is InChI=1S/C12H9ClF3NOS/c13-8-6-7(11(17)10-2-1-5-19-10)3-4-9(8)18-12(14,15)16/h1-6,11H,17H2/t11-/m1/s1. The summed E-state index contributed by atoms with van der Waals surface area (Å²) in [5.74, 6) is -0.434. The first-order chi connectivity index (χ1) is 8.87. The largest absolute Gasteiger partial charge is 0.573 e. The summed E-state index contributed by atoms with van der Waals surface area (Å²) in [6, 6.07) is 7.30. The highest BCUT2D eigenvalue weighted by Crippen LogP contribution is 2.33. The second-order valence-corrected chi connectivity index (χ2v) is 5.12. The van der Waals surface area contributed by atoms with Crippen LogP contribution in [0, 0.1) is 0 Å². The molecule has 0 saturated heterocycles. The van der Waals surface area contributed by atoms with Crippen molar-refractivity contribution in [2.45, 2.75) is 12.4 Å². The second kappa shape index (κ2) is 5.40. The van der Waals surface area contributed by atoms with Gasteiger partial charge in [-0.3, -0.25) is 0 Å². The van der Waals surface area contributed by atoms with E-state index in [0.717, 1.165) is 4.88 Å². The van der Waals surface area contributed by atoms with E-state index >= 15 is 0 Å². The van der Waals surface area contributed by atoms with Crippen molar-refractivity contribution in [2.24, 2.45) is 5.73 Å². The summed E-state index contributed by atoms with van der Waals surface area (Å²) in [6.45, 7) is 0. The molecule has 0 aliphatic rings. The molecule has 2 rings (SSSR count). The Morgan fingerprint density at radius 1 is 1.26 bits per heavy atom. The van der Waals surface area contributed by atoms with Crippen molar-refractivity contribution in [3.05, 3.63) is 51.2 Å². The van der Waals surface area contributed by atoms with Crippen LogP contribution in [0.3, 0.4) is 0 Å². The molecule has 2 aromatic rings. The molecule has 19 heavy (non-hydrogen) atoms. The van der Waals surface area contributed by atoms with Crippen molar-refractivity contribution in [2.75, 3.05) is 0 Å². The molecule has 0 radical (unpaired) electrons. The van der Waals surface area contributed by atoms with E-state index in [1.54, 1.807) is 0 Å². The van der Waals surface area contributed by atoms with E-state index in [1.807, 2.05) is 17.5 Å². The minimum absolute atomic E-state index is 0.123. The molecule has 0 aliphatic carbocycles. The van der Waals surface area contributed by atoms with Gasteiger partial charge in [-0.1, -0.05) is 23.7 Å². The first-order valence-corrected chi connectivity index (χ1v) is 6.47. The number of alkyl halides is 3. The Balaban J connectivity index is 2.24. The number of nitrogens with two attached hydrogens (primary N) is 1. The Morgan fingerprint density at radius 2 is 2.00 bits per heavy atom. The van der Waals surface area contributed by atoms with Gasteiger partial charge in [-0.25, -0.2) is 0 Å². The number of benzene rings is 1. The van der Waals surface area contributed by atoms with E-state index in [0.29, 0.717) is 5.56 Å². The van der Waals surface area contributed by atoms with Crippen LogP contribution in [-0.4, -0.2) is 6.36 Å². The minimum Gasteiger partial charge on any atom is -0.404 e. The number of ether oxygens (including phenoxy) is 1. The molecule has 2 N–H and O–H groups in total. The highest BCUT2D eigenvalue weighted by atomic mass is 35.5. The molecule has 0 aliphatic heterocycles. The number of rotatable bonds is 3. The SMILES string of the molecule is N[C@H](c1ccc(OC(F)(F)F)c(Cl)c1)c1cccs1. The van der Waals surface area contributed by atoms with Gasteiger partial charge in [-0.2, -0.15) is 0 Å². The molecular weight excluding hydrogens is 299 g/mol. The van der Waals surface area contributed by atoms with Crippen LogP contribution in [0.15, 0.2) is 35.7 Å². The van der Waals surface area contributed by atoms with Crippen LogP contribution in [0.4, 0.5) is 13.2 Å². The van der Waals surface area contributed by atoms with Gasteiger partial charge in [0, 0.05) is 4.88 Å². The molecule has 0 spiro atoms. The van der Waals surface area contributed by atoms with Crippen molar-refractivity contribution in [3.8, 4) is 5.75 Å². The molecule has 1 aromatic carbocycles. The smallest absolute Gasteiger partial charge is 0.404 e. The van der Waals surface area contributed by atoms with Crippen LogP contribution < -0.4 is 10.5 Å². The highest BCUT2D eigenvalue weighted by molar-refractivity contribution is 7.10. The van der Waals surface area contributed by atoms with Crippen LogP contribution in [-0.2, 0) is 0 Å². The lowest BCUT2D eigenvalue weighted by Crippen LogP contribution is -2.17. The van der Waals surface area contributed by atoms with Gasteiger partial charge < -0.3 is 10.5 Å². The van der Waals surface area contributed by atoms with Gasteiger partial charge in [0.05, 0.1) is 11.1 Å². The monoisotopic (exact) mass is 307 g/mol. The van der Waals surface area contributed by atoms with E-state index in [1.165, 1.54) is 29.5 Å². The van der Waals surface area contributed by atoms with Crippen molar-refractivity contribution in [1.29, 1.82) is 0 Å². The summed E-state index contributed by atoms with van der Waals surface area (Å²) < 4.78 is 40.1. The van der Waals surface area contributed by atoms with Crippen LogP contribution in [0.1, 0.15) is 16.5 Å². The maximum absolute atomic E-state index is 12.1. The summed E-state index contributed by atoms with van der Waals surface area (Å²) in [7, 11) is 0. The Bertz CT molecular complexity index is 557. The average molecular weight is 308 g/mol. The molecule has 7 heteroatoms. The molecule has 0 fully saturated rings. The third-order valence-electron chi connectivity index (χ3n) is 2.39. The van der Waals surface area contributed by atoms with E-state index in [-0.39, 0.29) is 5.02 Å². The first kappa shape index (κ1) is 14.2. The predicted octanol–water partition coefficient (Wildman–Crippen LogP) is 4.35. The van der Waals surface area contributed by atoms with Crippen molar-refractivity contribution < 1.29 is 17.9 Å². The average Bonchev–Trinajstić information content (AvgIpc) is 2.82. The molecule has 1 heterocycles. The summed E-state index contributed by atoms with van der Waals surface area (Å²) in [5, 5.41) is 1.75. The van der Waals surface area contributed by atoms with E-state index in [2.05, 4.69) is 4.74 Å². The fourth-order valence-electron chi connectivity index (χ4n) is 1.55. The molecule has 102 valence electrons. The zero-order valence-electron chi connectivity index (χ0n) is 9.45. The van der Waals surface area contributed by atoms with Crippen LogP contribution in [0.5, 0.6) is 5.75 Å². The second-order valence-electron chi connectivity index (χ2n) is 3.73. The zero-order valence-corrected chi connectivity index (χ0v) is 11.0. The predicted molar refractivity (Wildman–Crippen MR) is 68.5 cm³/mol. The lowest BCUT2D eigenvalue weighted by atomic mass is 10.1. The summed E-state index contributed by atoms with van der Waals surface area (Å²) in [4.78, 5) is 0.903. The molecule has 2 nitrogen and oxygen atoms in total. The van der Waals surface area contributed by atoms with Crippen molar-refractivity contribution in [3.63, 3.8) is 0 Å². The van der Waals surface area contributed by atoms with Crippen molar-refractivity contribution >= 4 is 22.9 Å². The topological polar surface area (TPSA) is 35.2 Å². The Morgan fingerprint density at radius 3 is 2.53 bits per heavy atom. The Hall–Kier alpha value is -1.24. The molecule has 1 atom stereocenters. The van der Waals surface area contributed by atoms with Crippen LogP contribution in [0.2, 0.25) is 5.02 Å². The van der Waals surface area contributed by atoms with Gasteiger partial charge in [-0.15, -0.1) is 24.5 Å². The molecule has 1 aromatic heterocycles. The van der Waals surface area contributed by atoms with Gasteiger partial charge in [0.2, 0.25) is 0 Å². The minimum atomic E-state index is -4.76. The van der Waals surface area contributed by atoms with Gasteiger partial charge in [0.1, 0.15) is 5.75 Å². The fourth-order valence-corrected chi connectivity index (χ4v) is 2.53. The number of thiophene rings is 1. The van der Waals surface area contributed by atoms with Gasteiger partial charge in [0.15, 0.2) is 0 Å². The lowest BCUT2D eigenvalue weighted by molar-refractivity contribution is -0.274. The number of hydrogen-bond acceptors (Lipinski definition) is 3. The maximum atomic E-state index is 12.1. The first-order valence-electron chi connectivity index (χ1n) is 5.21. The maximum Gasteiger partial charge on any atom is 0.573 e. The normalized spacial score (nSPS) is 13.3. The summed E-state index contributed by atoms with van der Waals surface area (Å²) in [5.41, 5.74) is 6.62. The zero-order chi connectivity index (χ0) is 14.0. The number of hydrogen-bond donors (Lipinski definition) is 1. The summed E-state index contributed by atoms with van der Waals surface area (Å²) >= 11 is 7.23. The van der Waals surface area contributed by atoms with Gasteiger partial charge >= 0.3 is 6.36 Å². The van der Waals surface area contributed by atoms with E-state index in [4.69, 9.17) is 17.3 Å². The lowest BCUT2D eigenvalue weighted by Gasteiger charge is -2.14. The molecule has 0 bridgehead atoms. The molecule has 0 saturated carbocycles. The van der Waals surface area contributed by atoms with E-state index in [9.17, 15) is 13.2 Å². The number of halogens is 4. The van der Waals surface area contributed by atoms with Crippen LogP contribution in [0.25, 0.3) is 0 Å². The quantitative estimate of drug-likeness (QED) is 0.915. The third-order valence-corrected chi connectivity index (χ3v) is 3.64.